The molecule has 0 atom stereocenters. The van der Waals surface area contributed by atoms with Crippen LogP contribution in [-0.2, 0) is 14.8 Å². The van der Waals surface area contributed by atoms with E-state index in [0.29, 0.717) is 12.2 Å². The van der Waals surface area contributed by atoms with Gasteiger partial charge in [0.25, 0.3) is 0 Å². The molecule has 27 heavy (non-hydrogen) atoms. The molecule has 0 aromatic heterocycles. The number of anilines is 1. The molecule has 1 amide bonds. The summed E-state index contributed by atoms with van der Waals surface area (Å²) in [6.45, 7) is 4.28. The topological polar surface area (TPSA) is 66.5 Å². The highest BCUT2D eigenvalue weighted by atomic mass is 32.2. The minimum atomic E-state index is -3.53. The second kappa shape index (κ2) is 9.80. The monoisotopic (exact) mass is 406 g/mol. The molecule has 0 aliphatic heterocycles. The fourth-order valence-corrected chi connectivity index (χ4v) is 4.13. The van der Waals surface area contributed by atoms with Gasteiger partial charge in [0, 0.05) is 11.4 Å². The third-order valence-electron chi connectivity index (χ3n) is 3.94. The Labute approximate surface area is 166 Å². The van der Waals surface area contributed by atoms with Gasteiger partial charge < -0.3 is 5.32 Å². The summed E-state index contributed by atoms with van der Waals surface area (Å²) in [4.78, 5) is 13.4. The molecule has 0 aliphatic carbocycles. The minimum Gasteiger partial charge on any atom is -0.354 e. The molecule has 146 valence electrons. The zero-order valence-corrected chi connectivity index (χ0v) is 17.6. The summed E-state index contributed by atoms with van der Waals surface area (Å²) >= 11 is 1.74. The molecule has 0 radical (unpaired) electrons. The Morgan fingerprint density at radius 2 is 1.56 bits per heavy atom. The fourth-order valence-electron chi connectivity index (χ4n) is 2.42. The summed E-state index contributed by atoms with van der Waals surface area (Å²) in [6.07, 6.45) is 1.92. The van der Waals surface area contributed by atoms with Crippen molar-refractivity contribution in [2.75, 3.05) is 29.4 Å². The zero-order valence-electron chi connectivity index (χ0n) is 15.9. The molecule has 1 N–H and O–H groups in total. The molecule has 0 heterocycles. The number of sulfonamides is 1. The van der Waals surface area contributed by atoms with Crippen molar-refractivity contribution >= 4 is 33.4 Å². The summed E-state index contributed by atoms with van der Waals surface area (Å²) in [7, 11) is -3.53. The molecule has 2 aromatic rings. The van der Waals surface area contributed by atoms with Crippen molar-refractivity contribution in [3.8, 4) is 0 Å². The molecule has 0 aliphatic rings. The van der Waals surface area contributed by atoms with Crippen molar-refractivity contribution in [1.29, 1.82) is 0 Å². The number of nitrogens with one attached hydrogen (secondary N) is 1. The predicted molar refractivity (Wildman–Crippen MR) is 113 cm³/mol. The maximum absolute atomic E-state index is 12.2. The van der Waals surface area contributed by atoms with E-state index in [1.165, 1.54) is 10.5 Å². The number of nitrogens with zero attached hydrogens (tertiary/aromatic N) is 1. The Hall–Kier alpha value is -1.99. The standard InChI is InChI=1S/C20H26N2O3S2/c1-16-5-9-18(10-6-16)22(27(3,24)25)15-20(23)21-13-4-14-26-19-11-7-17(2)8-12-19/h5-12H,4,13-15H2,1-3H3,(H,21,23). The van der Waals surface area contributed by atoms with Crippen LogP contribution in [0.5, 0.6) is 0 Å². The average Bonchev–Trinajstić information content (AvgIpc) is 2.61. The van der Waals surface area contributed by atoms with Gasteiger partial charge in [0.15, 0.2) is 0 Å². The van der Waals surface area contributed by atoms with Crippen molar-refractivity contribution < 1.29 is 13.2 Å². The number of carbonyl (C=O) groups excluding carboxylic acids is 1. The van der Waals surface area contributed by atoms with Gasteiger partial charge in [0.1, 0.15) is 6.54 Å². The third kappa shape index (κ3) is 7.27. The second-order valence-electron chi connectivity index (χ2n) is 6.47. The Morgan fingerprint density at radius 3 is 2.11 bits per heavy atom. The largest absolute Gasteiger partial charge is 0.354 e. The molecule has 2 rings (SSSR count). The van der Waals surface area contributed by atoms with Gasteiger partial charge in [-0.25, -0.2) is 8.42 Å². The maximum atomic E-state index is 12.2. The SMILES string of the molecule is Cc1ccc(SCCCNC(=O)CN(c2ccc(C)cc2)S(C)(=O)=O)cc1. The number of aryl methyl sites for hydroxylation is 2. The van der Waals surface area contributed by atoms with Gasteiger partial charge in [0.05, 0.1) is 11.9 Å². The Balaban J connectivity index is 1.80. The molecule has 0 unspecified atom stereocenters. The van der Waals surface area contributed by atoms with Crippen LogP contribution in [0.2, 0.25) is 0 Å². The summed E-state index contributed by atoms with van der Waals surface area (Å²) in [5, 5.41) is 2.80. The van der Waals surface area contributed by atoms with E-state index in [9.17, 15) is 13.2 Å². The van der Waals surface area contributed by atoms with Gasteiger partial charge in [-0.2, -0.15) is 0 Å². The van der Waals surface area contributed by atoms with Gasteiger partial charge in [-0.3, -0.25) is 9.10 Å². The van der Waals surface area contributed by atoms with Crippen LogP contribution in [0.4, 0.5) is 5.69 Å². The maximum Gasteiger partial charge on any atom is 0.240 e. The normalized spacial score (nSPS) is 11.2. The highest BCUT2D eigenvalue weighted by Crippen LogP contribution is 2.19. The van der Waals surface area contributed by atoms with Crippen LogP contribution >= 0.6 is 11.8 Å². The first kappa shape index (κ1) is 21.3. The van der Waals surface area contributed by atoms with Gasteiger partial charge >= 0.3 is 0 Å². The number of amides is 1. The first-order valence-electron chi connectivity index (χ1n) is 8.76. The molecule has 5 nitrogen and oxygen atoms in total. The molecular weight excluding hydrogens is 380 g/mol. The van der Waals surface area contributed by atoms with E-state index in [1.54, 1.807) is 23.9 Å². The Kier molecular flexibility index (Phi) is 7.74. The van der Waals surface area contributed by atoms with E-state index in [2.05, 4.69) is 36.5 Å². The Bertz CT molecular complexity index is 848. The lowest BCUT2D eigenvalue weighted by molar-refractivity contribution is -0.119. The van der Waals surface area contributed by atoms with E-state index in [-0.39, 0.29) is 12.5 Å². The third-order valence-corrected chi connectivity index (χ3v) is 6.18. The minimum absolute atomic E-state index is 0.215. The second-order valence-corrected chi connectivity index (χ2v) is 9.55. The first-order chi connectivity index (χ1) is 12.8. The highest BCUT2D eigenvalue weighted by Gasteiger charge is 2.20. The number of hydrogen-bond acceptors (Lipinski definition) is 4. The summed E-state index contributed by atoms with van der Waals surface area (Å²) < 4.78 is 25.2. The number of benzene rings is 2. The van der Waals surface area contributed by atoms with E-state index in [1.807, 2.05) is 19.1 Å². The predicted octanol–water partition coefficient (Wildman–Crippen LogP) is 3.37. The summed E-state index contributed by atoms with van der Waals surface area (Å²) in [6, 6.07) is 15.4. The van der Waals surface area contributed by atoms with Gasteiger partial charge in [-0.1, -0.05) is 35.4 Å². The lowest BCUT2D eigenvalue weighted by Gasteiger charge is -2.22. The zero-order chi connectivity index (χ0) is 19.9. The van der Waals surface area contributed by atoms with Crippen LogP contribution in [0, 0.1) is 13.8 Å². The van der Waals surface area contributed by atoms with E-state index in [4.69, 9.17) is 0 Å². The summed E-state index contributed by atoms with van der Waals surface area (Å²) in [5.74, 6) is 0.582. The number of carbonyl (C=O) groups is 1. The molecule has 0 saturated heterocycles. The van der Waals surface area contributed by atoms with Crippen molar-refractivity contribution in [2.45, 2.75) is 25.2 Å². The van der Waals surface area contributed by atoms with Gasteiger partial charge in [-0.05, 0) is 50.3 Å². The first-order valence-corrected chi connectivity index (χ1v) is 11.6. The van der Waals surface area contributed by atoms with Crippen LogP contribution < -0.4 is 9.62 Å². The highest BCUT2D eigenvalue weighted by molar-refractivity contribution is 7.99. The smallest absolute Gasteiger partial charge is 0.240 e. The van der Waals surface area contributed by atoms with E-state index in [0.717, 1.165) is 28.3 Å². The molecular formula is C20H26N2O3S2. The van der Waals surface area contributed by atoms with Crippen LogP contribution in [0.1, 0.15) is 17.5 Å². The number of thioether (sulfide) groups is 1. The fraction of sp³-hybridized carbons (Fsp3) is 0.350. The van der Waals surface area contributed by atoms with Crippen LogP contribution in [0.3, 0.4) is 0 Å². The molecule has 0 bridgehead atoms. The lowest BCUT2D eigenvalue weighted by Crippen LogP contribution is -2.40. The lowest BCUT2D eigenvalue weighted by atomic mass is 10.2. The van der Waals surface area contributed by atoms with Gasteiger partial charge in [0.2, 0.25) is 15.9 Å². The van der Waals surface area contributed by atoms with Gasteiger partial charge in [-0.15, -0.1) is 11.8 Å². The molecule has 0 fully saturated rings. The van der Waals surface area contributed by atoms with E-state index >= 15 is 0 Å². The Morgan fingerprint density at radius 1 is 1.00 bits per heavy atom. The van der Waals surface area contributed by atoms with Crippen LogP contribution in [0.25, 0.3) is 0 Å². The molecule has 7 heteroatoms. The van der Waals surface area contributed by atoms with Crippen molar-refractivity contribution in [2.24, 2.45) is 0 Å². The van der Waals surface area contributed by atoms with Crippen molar-refractivity contribution in [1.82, 2.24) is 5.32 Å². The molecule has 0 spiro atoms. The summed E-state index contributed by atoms with van der Waals surface area (Å²) in [5.41, 5.74) is 2.76. The number of hydrogen-bond donors (Lipinski definition) is 1. The molecule has 2 aromatic carbocycles. The average molecular weight is 407 g/mol. The number of rotatable bonds is 9. The van der Waals surface area contributed by atoms with Crippen molar-refractivity contribution in [3.63, 3.8) is 0 Å². The van der Waals surface area contributed by atoms with E-state index < -0.39 is 10.0 Å². The quantitative estimate of drug-likeness (QED) is 0.512. The van der Waals surface area contributed by atoms with Crippen LogP contribution in [0.15, 0.2) is 53.4 Å². The molecule has 0 saturated carbocycles. The van der Waals surface area contributed by atoms with Crippen LogP contribution in [-0.4, -0.2) is 39.4 Å². The van der Waals surface area contributed by atoms with Crippen molar-refractivity contribution in [3.05, 3.63) is 59.7 Å².